The number of aromatic hydroxyl groups is 1. The van der Waals surface area contributed by atoms with Gasteiger partial charge in [-0.25, -0.2) is 0 Å². The molecule has 0 saturated heterocycles. The van der Waals surface area contributed by atoms with Gasteiger partial charge < -0.3 is 11.3 Å². The van der Waals surface area contributed by atoms with Crippen LogP contribution in [-0.2, 0) is 0 Å². The van der Waals surface area contributed by atoms with Crippen molar-refractivity contribution in [1.82, 2.24) is 0 Å². The van der Waals surface area contributed by atoms with Gasteiger partial charge in [0.1, 0.15) is 11.5 Å². The summed E-state index contributed by atoms with van der Waals surface area (Å²) in [6.45, 7) is 0. The molecule has 1 aromatic carbocycles. The van der Waals surface area contributed by atoms with Crippen molar-refractivity contribution in [2.24, 2.45) is 0 Å². The number of methoxy groups -OCH3 is 1. The molecule has 10 heavy (non-hydrogen) atoms. The second-order valence-corrected chi connectivity index (χ2v) is 1.70. The van der Waals surface area contributed by atoms with Crippen molar-refractivity contribution in [3.8, 4) is 11.5 Å². The summed E-state index contributed by atoms with van der Waals surface area (Å²) in [4.78, 5) is 0. The summed E-state index contributed by atoms with van der Waals surface area (Å²) >= 11 is 0. The normalized spacial score (nSPS) is 8.10. The molecule has 0 aromatic heterocycles. The van der Waals surface area contributed by atoms with E-state index in [2.05, 4.69) is 0 Å². The predicted molar refractivity (Wildman–Crippen MR) is 35.8 cm³/mol. The number of phenolic OH excluding ortho intramolecular Hbond substituents is 1. The monoisotopic (exact) mass is 164 g/mol. The Morgan fingerprint density at radius 1 is 1.30 bits per heavy atom. The Labute approximate surface area is 104 Å². The molecule has 2 nitrogen and oxygen atoms in total. The van der Waals surface area contributed by atoms with E-state index >= 15 is 0 Å². The zero-order chi connectivity index (χ0) is 6.69. The topological polar surface area (TPSA) is 29.5 Å². The van der Waals surface area contributed by atoms with E-state index in [1.807, 2.05) is 0 Å². The summed E-state index contributed by atoms with van der Waals surface area (Å²) in [5.74, 6) is 1.02. The number of rotatable bonds is 1. The molecule has 0 bridgehead atoms. The third kappa shape index (κ3) is 3.03. The van der Waals surface area contributed by atoms with Gasteiger partial charge in [0.05, 0.1) is 7.11 Å². The van der Waals surface area contributed by atoms with Gasteiger partial charge in [-0.2, -0.15) is 0 Å². The molecular weight excluding hydrogens is 155 g/mol. The fraction of sp³-hybridized carbons (Fsp3) is 0.143. The van der Waals surface area contributed by atoms with Crippen molar-refractivity contribution in [3.05, 3.63) is 24.3 Å². The van der Waals surface area contributed by atoms with E-state index < -0.39 is 0 Å². The Morgan fingerprint density at radius 3 is 2.20 bits per heavy atom. The molecule has 3 heteroatoms. The summed E-state index contributed by atoms with van der Waals surface area (Å²) in [6, 6.07) is 6.57. The summed E-state index contributed by atoms with van der Waals surface area (Å²) in [6.07, 6.45) is 0. The van der Waals surface area contributed by atoms with Gasteiger partial charge >= 0.3 is 51.4 Å². The average molecular weight is 164 g/mol. The zero-order valence-electron chi connectivity index (χ0n) is 7.16. The number of benzene rings is 1. The van der Waals surface area contributed by atoms with E-state index in [0.717, 1.165) is 5.75 Å². The summed E-state index contributed by atoms with van der Waals surface area (Å²) in [7, 11) is 1.59. The first-order valence-electron chi connectivity index (χ1n) is 2.66. The molecule has 0 atom stereocenters. The van der Waals surface area contributed by atoms with Crippen molar-refractivity contribution in [2.75, 3.05) is 7.11 Å². The second-order valence-electron chi connectivity index (χ2n) is 1.70. The molecule has 1 rings (SSSR count). The number of hydrogen-bond donors (Lipinski definition) is 1. The van der Waals surface area contributed by atoms with Gasteiger partial charge in [0.25, 0.3) is 0 Å². The van der Waals surface area contributed by atoms with Crippen LogP contribution in [0.15, 0.2) is 24.3 Å². The minimum absolute atomic E-state index is 0. The van der Waals surface area contributed by atoms with Crippen molar-refractivity contribution in [3.63, 3.8) is 0 Å². The molecule has 0 aliphatic heterocycles. The Hall–Kier alpha value is 0.456. The number of phenols is 1. The standard InChI is InChI=1S/C7H8O2.K.H/c1-9-7-4-2-6(8)3-5-7;;/h2-5,8H,1H3;;/q;+1;-1. The molecule has 0 aliphatic carbocycles. The number of hydrogen-bond acceptors (Lipinski definition) is 2. The van der Waals surface area contributed by atoms with E-state index in [9.17, 15) is 0 Å². The minimum atomic E-state index is 0. The maximum absolute atomic E-state index is 8.80. The van der Waals surface area contributed by atoms with Crippen LogP contribution in [0.2, 0.25) is 0 Å². The van der Waals surface area contributed by atoms with Crippen LogP contribution in [0.1, 0.15) is 1.43 Å². The van der Waals surface area contributed by atoms with Gasteiger partial charge in [0.15, 0.2) is 0 Å². The van der Waals surface area contributed by atoms with Crippen LogP contribution in [0.3, 0.4) is 0 Å². The van der Waals surface area contributed by atoms with Crippen LogP contribution >= 0.6 is 0 Å². The van der Waals surface area contributed by atoms with Crippen molar-refractivity contribution < 1.29 is 62.7 Å². The summed E-state index contributed by atoms with van der Waals surface area (Å²) in [5, 5.41) is 8.80. The molecular formula is C7H9KO2. The quantitative estimate of drug-likeness (QED) is 0.513. The predicted octanol–water partition coefficient (Wildman–Crippen LogP) is -1.48. The third-order valence-corrected chi connectivity index (χ3v) is 1.07. The first-order valence-corrected chi connectivity index (χ1v) is 2.66. The van der Waals surface area contributed by atoms with Crippen LogP contribution in [-0.4, -0.2) is 12.2 Å². The maximum atomic E-state index is 8.80. The fourth-order valence-electron chi connectivity index (χ4n) is 0.582. The molecule has 0 saturated carbocycles. The van der Waals surface area contributed by atoms with Gasteiger partial charge in [-0.15, -0.1) is 0 Å². The first kappa shape index (κ1) is 10.5. The molecule has 0 unspecified atom stereocenters. The molecule has 1 aromatic rings. The molecule has 0 spiro atoms. The Kier molecular flexibility index (Phi) is 5.39. The number of ether oxygens (including phenoxy) is 1. The zero-order valence-corrected chi connectivity index (χ0v) is 9.29. The van der Waals surface area contributed by atoms with Crippen LogP contribution in [0.5, 0.6) is 11.5 Å². The van der Waals surface area contributed by atoms with Gasteiger partial charge in [0.2, 0.25) is 0 Å². The first-order chi connectivity index (χ1) is 4.33. The SMILES string of the molecule is COc1ccc(O)cc1.[H-].[K+]. The maximum Gasteiger partial charge on any atom is 1.00 e. The average Bonchev–Trinajstić information content (AvgIpc) is 1.90. The Bertz CT molecular complexity index is 188. The van der Waals surface area contributed by atoms with E-state index in [4.69, 9.17) is 9.84 Å². The smallest absolute Gasteiger partial charge is 1.00 e. The van der Waals surface area contributed by atoms with Crippen LogP contribution in [0.4, 0.5) is 0 Å². The third-order valence-electron chi connectivity index (χ3n) is 1.07. The molecule has 0 amide bonds. The van der Waals surface area contributed by atoms with Gasteiger partial charge in [-0.05, 0) is 24.3 Å². The molecule has 0 radical (unpaired) electrons. The van der Waals surface area contributed by atoms with Crippen molar-refractivity contribution >= 4 is 0 Å². The van der Waals surface area contributed by atoms with E-state index in [0.29, 0.717) is 0 Å². The van der Waals surface area contributed by atoms with E-state index in [-0.39, 0.29) is 58.6 Å². The largest absolute Gasteiger partial charge is 1.00 e. The second kappa shape index (κ2) is 5.15. The van der Waals surface area contributed by atoms with Crippen LogP contribution in [0.25, 0.3) is 0 Å². The molecule has 50 valence electrons. The molecule has 1 N–H and O–H groups in total. The van der Waals surface area contributed by atoms with Gasteiger partial charge in [-0.3, -0.25) is 0 Å². The van der Waals surface area contributed by atoms with Crippen LogP contribution < -0.4 is 56.1 Å². The van der Waals surface area contributed by atoms with E-state index in [1.54, 1.807) is 31.4 Å². The summed E-state index contributed by atoms with van der Waals surface area (Å²) < 4.78 is 4.86. The van der Waals surface area contributed by atoms with Crippen molar-refractivity contribution in [2.45, 2.75) is 0 Å². The molecule has 0 heterocycles. The van der Waals surface area contributed by atoms with E-state index in [1.165, 1.54) is 0 Å². The Morgan fingerprint density at radius 2 is 1.80 bits per heavy atom. The van der Waals surface area contributed by atoms with Crippen molar-refractivity contribution in [1.29, 1.82) is 0 Å². The molecule has 0 fully saturated rings. The fourth-order valence-corrected chi connectivity index (χ4v) is 0.582. The van der Waals surface area contributed by atoms with Gasteiger partial charge in [0, 0.05) is 0 Å². The minimum Gasteiger partial charge on any atom is -1.00 e. The summed E-state index contributed by atoms with van der Waals surface area (Å²) in [5.41, 5.74) is 0. The molecule has 0 aliphatic rings. The Balaban J connectivity index is 0. The van der Waals surface area contributed by atoms with Crippen LogP contribution in [0, 0.1) is 0 Å². The van der Waals surface area contributed by atoms with Gasteiger partial charge in [-0.1, -0.05) is 0 Å².